The molecule has 1 heterocycles. The van der Waals surface area contributed by atoms with Crippen molar-refractivity contribution in [2.45, 2.75) is 45.7 Å². The zero-order chi connectivity index (χ0) is 13.1. The predicted octanol–water partition coefficient (Wildman–Crippen LogP) is 0.801. The first-order chi connectivity index (χ1) is 8.60. The van der Waals surface area contributed by atoms with Crippen molar-refractivity contribution < 1.29 is 4.79 Å². The number of carbonyl (C=O) groups is 1. The van der Waals surface area contributed by atoms with E-state index in [1.165, 1.54) is 23.9 Å². The number of rotatable bonds is 4. The van der Waals surface area contributed by atoms with E-state index in [4.69, 9.17) is 5.73 Å². The zero-order valence-corrected chi connectivity index (χ0v) is 11.0. The van der Waals surface area contributed by atoms with Gasteiger partial charge in [0, 0.05) is 6.04 Å². The van der Waals surface area contributed by atoms with Gasteiger partial charge in [0.05, 0.1) is 0 Å². The first kappa shape index (κ1) is 12.9. The van der Waals surface area contributed by atoms with Crippen molar-refractivity contribution in [1.29, 1.82) is 0 Å². The molecule has 3 unspecified atom stereocenters. The number of carbonyl (C=O) groups excluding carboxylic acids is 1. The van der Waals surface area contributed by atoms with Crippen LogP contribution in [0.4, 0.5) is 5.95 Å². The highest BCUT2D eigenvalue weighted by molar-refractivity contribution is 5.76. The molecule has 0 bridgehead atoms. The molecule has 0 spiro atoms. The summed E-state index contributed by atoms with van der Waals surface area (Å²) < 4.78 is 1.46. The Hall–Kier alpha value is -1.59. The van der Waals surface area contributed by atoms with E-state index >= 15 is 0 Å². The van der Waals surface area contributed by atoms with E-state index in [1.54, 1.807) is 0 Å². The molecule has 0 radical (unpaired) electrons. The second kappa shape index (κ2) is 5.37. The Bertz CT molecular complexity index is 416. The highest BCUT2D eigenvalue weighted by Crippen LogP contribution is 2.33. The van der Waals surface area contributed by atoms with Gasteiger partial charge in [-0.1, -0.05) is 20.3 Å². The smallest absolute Gasteiger partial charge is 0.242 e. The maximum Gasteiger partial charge on any atom is 0.242 e. The summed E-state index contributed by atoms with van der Waals surface area (Å²) in [5.41, 5.74) is 5.40. The molecule has 1 aromatic heterocycles. The molecular formula is C12H21N5O. The van der Waals surface area contributed by atoms with Crippen LogP contribution >= 0.6 is 0 Å². The molecule has 1 aromatic rings. The third-order valence-electron chi connectivity index (χ3n) is 3.96. The van der Waals surface area contributed by atoms with Crippen molar-refractivity contribution in [3.05, 3.63) is 6.33 Å². The maximum atomic E-state index is 11.9. The van der Waals surface area contributed by atoms with Crippen LogP contribution in [0.15, 0.2) is 6.33 Å². The van der Waals surface area contributed by atoms with Crippen LogP contribution in [0.1, 0.15) is 33.1 Å². The molecule has 6 nitrogen and oxygen atoms in total. The molecule has 3 atom stereocenters. The van der Waals surface area contributed by atoms with Gasteiger partial charge in [-0.3, -0.25) is 4.79 Å². The van der Waals surface area contributed by atoms with E-state index in [9.17, 15) is 4.79 Å². The van der Waals surface area contributed by atoms with Crippen LogP contribution in [0.25, 0.3) is 0 Å². The summed E-state index contributed by atoms with van der Waals surface area (Å²) in [6, 6.07) is 0.295. The first-order valence-electron chi connectivity index (χ1n) is 6.54. The molecule has 100 valence electrons. The van der Waals surface area contributed by atoms with E-state index < -0.39 is 0 Å². The van der Waals surface area contributed by atoms with E-state index in [1.807, 2.05) is 0 Å². The van der Waals surface area contributed by atoms with Crippen molar-refractivity contribution in [2.75, 3.05) is 5.73 Å². The number of aromatic nitrogens is 3. The Morgan fingerprint density at radius 1 is 1.61 bits per heavy atom. The van der Waals surface area contributed by atoms with Crippen LogP contribution in [-0.4, -0.2) is 26.7 Å². The summed E-state index contributed by atoms with van der Waals surface area (Å²) >= 11 is 0. The summed E-state index contributed by atoms with van der Waals surface area (Å²) in [4.78, 5) is 15.7. The van der Waals surface area contributed by atoms with Crippen LogP contribution in [0.2, 0.25) is 0 Å². The van der Waals surface area contributed by atoms with Gasteiger partial charge in [-0.25, -0.2) is 9.67 Å². The molecule has 0 aliphatic heterocycles. The number of nitrogens with zero attached hydrogens (tertiary/aromatic N) is 3. The predicted molar refractivity (Wildman–Crippen MR) is 68.5 cm³/mol. The van der Waals surface area contributed by atoms with Crippen molar-refractivity contribution in [3.63, 3.8) is 0 Å². The molecule has 1 amide bonds. The Morgan fingerprint density at radius 2 is 2.39 bits per heavy atom. The first-order valence-corrected chi connectivity index (χ1v) is 6.54. The lowest BCUT2D eigenvalue weighted by Gasteiger charge is -2.20. The lowest BCUT2D eigenvalue weighted by Crippen LogP contribution is -2.39. The SMILES string of the molecule is CCC1CCC(NC(=O)Cn2cnc(N)n2)C1C. The average Bonchev–Trinajstić information content (AvgIpc) is 2.87. The summed E-state index contributed by atoms with van der Waals surface area (Å²) in [6.45, 7) is 4.62. The van der Waals surface area contributed by atoms with Crippen molar-refractivity contribution in [3.8, 4) is 0 Å². The molecule has 1 saturated carbocycles. The topological polar surface area (TPSA) is 85.8 Å². The number of nitrogen functional groups attached to an aromatic ring is 1. The van der Waals surface area contributed by atoms with Crippen molar-refractivity contribution >= 4 is 11.9 Å². The molecule has 0 aromatic carbocycles. The number of anilines is 1. The Labute approximate surface area is 107 Å². The quantitative estimate of drug-likeness (QED) is 0.829. The summed E-state index contributed by atoms with van der Waals surface area (Å²) in [7, 11) is 0. The van der Waals surface area contributed by atoms with E-state index in [2.05, 4.69) is 29.2 Å². The second-order valence-corrected chi connectivity index (χ2v) is 5.08. The minimum absolute atomic E-state index is 0.0199. The summed E-state index contributed by atoms with van der Waals surface area (Å²) in [5, 5.41) is 6.98. The molecule has 18 heavy (non-hydrogen) atoms. The van der Waals surface area contributed by atoms with Gasteiger partial charge in [0.15, 0.2) is 0 Å². The minimum Gasteiger partial charge on any atom is -0.367 e. The number of amides is 1. The van der Waals surface area contributed by atoms with Crippen LogP contribution in [-0.2, 0) is 11.3 Å². The number of nitrogens with one attached hydrogen (secondary N) is 1. The number of hydrogen-bond acceptors (Lipinski definition) is 4. The van der Waals surface area contributed by atoms with Gasteiger partial charge in [0.25, 0.3) is 0 Å². The molecule has 6 heteroatoms. The third-order valence-corrected chi connectivity index (χ3v) is 3.96. The highest BCUT2D eigenvalue weighted by atomic mass is 16.2. The standard InChI is InChI=1S/C12H21N5O/c1-3-9-4-5-10(8(9)2)15-11(18)6-17-7-14-12(13)16-17/h7-10H,3-6H2,1-2H3,(H2,13,16)(H,15,18). The van der Waals surface area contributed by atoms with Gasteiger partial charge in [0.1, 0.15) is 12.9 Å². The lowest BCUT2D eigenvalue weighted by atomic mass is 9.93. The third kappa shape index (κ3) is 2.80. The molecule has 3 N–H and O–H groups in total. The molecular weight excluding hydrogens is 230 g/mol. The van der Waals surface area contributed by atoms with Crippen molar-refractivity contribution in [2.24, 2.45) is 11.8 Å². The fourth-order valence-corrected chi connectivity index (χ4v) is 2.81. The van der Waals surface area contributed by atoms with Gasteiger partial charge < -0.3 is 11.1 Å². The largest absolute Gasteiger partial charge is 0.367 e. The van der Waals surface area contributed by atoms with E-state index in [-0.39, 0.29) is 18.4 Å². The Kier molecular flexibility index (Phi) is 3.84. The average molecular weight is 251 g/mol. The van der Waals surface area contributed by atoms with Crippen LogP contribution in [0.3, 0.4) is 0 Å². The highest BCUT2D eigenvalue weighted by Gasteiger charge is 2.32. The van der Waals surface area contributed by atoms with Gasteiger partial charge in [-0.15, -0.1) is 5.10 Å². The molecule has 1 fully saturated rings. The monoisotopic (exact) mass is 251 g/mol. The molecule has 0 saturated heterocycles. The van der Waals surface area contributed by atoms with Gasteiger partial charge in [-0.05, 0) is 24.7 Å². The van der Waals surface area contributed by atoms with E-state index in [0.29, 0.717) is 12.0 Å². The minimum atomic E-state index is -0.0199. The van der Waals surface area contributed by atoms with Crippen LogP contribution < -0.4 is 11.1 Å². The molecule has 1 aliphatic carbocycles. The Morgan fingerprint density at radius 3 is 2.94 bits per heavy atom. The van der Waals surface area contributed by atoms with Crippen LogP contribution in [0.5, 0.6) is 0 Å². The van der Waals surface area contributed by atoms with Gasteiger partial charge in [-0.2, -0.15) is 0 Å². The molecule has 1 aliphatic rings. The fraction of sp³-hybridized carbons (Fsp3) is 0.750. The second-order valence-electron chi connectivity index (χ2n) is 5.08. The zero-order valence-electron chi connectivity index (χ0n) is 11.0. The molecule has 2 rings (SSSR count). The lowest BCUT2D eigenvalue weighted by molar-refractivity contribution is -0.122. The maximum absolute atomic E-state index is 11.9. The van der Waals surface area contributed by atoms with Crippen molar-refractivity contribution in [1.82, 2.24) is 20.1 Å². The summed E-state index contributed by atoms with van der Waals surface area (Å²) in [5.74, 6) is 1.47. The fourth-order valence-electron chi connectivity index (χ4n) is 2.81. The normalized spacial score (nSPS) is 27.3. The van der Waals surface area contributed by atoms with Crippen LogP contribution in [0, 0.1) is 11.8 Å². The number of nitrogens with two attached hydrogens (primary N) is 1. The van der Waals surface area contributed by atoms with Gasteiger partial charge in [0.2, 0.25) is 11.9 Å². The number of hydrogen-bond donors (Lipinski definition) is 2. The van der Waals surface area contributed by atoms with E-state index in [0.717, 1.165) is 12.3 Å². The van der Waals surface area contributed by atoms with Gasteiger partial charge >= 0.3 is 0 Å². The Balaban J connectivity index is 1.85. The summed E-state index contributed by atoms with van der Waals surface area (Å²) in [6.07, 6.45) is 4.94.